The average Bonchev–Trinajstić information content (AvgIpc) is 2.82. The van der Waals surface area contributed by atoms with Crippen LogP contribution < -0.4 is 5.73 Å². The van der Waals surface area contributed by atoms with Crippen LogP contribution in [0.3, 0.4) is 0 Å². The summed E-state index contributed by atoms with van der Waals surface area (Å²) in [7, 11) is 0. The minimum absolute atomic E-state index is 0.0846. The van der Waals surface area contributed by atoms with Gasteiger partial charge in [0.15, 0.2) is 0 Å². The Balaban J connectivity index is 2.15. The lowest BCUT2D eigenvalue weighted by Gasteiger charge is -2.46. The van der Waals surface area contributed by atoms with E-state index in [1.807, 2.05) is 0 Å². The van der Waals surface area contributed by atoms with E-state index in [-0.39, 0.29) is 16.9 Å². The molecule has 0 radical (unpaired) electrons. The Kier molecular flexibility index (Phi) is 4.32. The lowest BCUT2D eigenvalue weighted by molar-refractivity contribution is -0.157. The topological polar surface area (TPSA) is 72.6 Å². The summed E-state index contributed by atoms with van der Waals surface area (Å²) in [5.41, 5.74) is 5.08. The first-order valence-corrected chi connectivity index (χ1v) is 7.61. The number of ether oxygens (including phenoxy) is 1. The molecule has 1 atom stereocenters. The number of hydrogen-bond donors (Lipinski definition) is 1. The van der Waals surface area contributed by atoms with Crippen molar-refractivity contribution in [2.75, 3.05) is 13.2 Å². The van der Waals surface area contributed by atoms with Crippen LogP contribution in [0.15, 0.2) is 0 Å². The summed E-state index contributed by atoms with van der Waals surface area (Å²) in [6, 6.07) is -0.468. The summed E-state index contributed by atoms with van der Waals surface area (Å²) in [6.07, 6.45) is 2.85. The molecule has 0 aromatic rings. The van der Waals surface area contributed by atoms with Gasteiger partial charge in [-0.2, -0.15) is 0 Å². The Morgan fingerprint density at radius 1 is 1.45 bits per heavy atom. The molecule has 1 saturated carbocycles. The molecule has 1 heterocycles. The molecule has 6 heteroatoms. The van der Waals surface area contributed by atoms with Gasteiger partial charge in [0.2, 0.25) is 5.91 Å². The standard InChI is InChI=1S/C14H22N2O3S/c1-3-19-11(17)10-5-4-6-16(10)13(18)14(12(15)20)7-9(2)8-14/h9-10H,3-8H2,1-2H3,(H2,15,20). The van der Waals surface area contributed by atoms with Gasteiger partial charge in [0, 0.05) is 6.54 Å². The van der Waals surface area contributed by atoms with Crippen molar-refractivity contribution in [3.05, 3.63) is 0 Å². The van der Waals surface area contributed by atoms with Crippen molar-refractivity contribution in [3.63, 3.8) is 0 Å². The van der Waals surface area contributed by atoms with Crippen LogP contribution in [0.4, 0.5) is 0 Å². The van der Waals surface area contributed by atoms with Crippen molar-refractivity contribution in [1.29, 1.82) is 0 Å². The quantitative estimate of drug-likeness (QED) is 0.624. The SMILES string of the molecule is CCOC(=O)C1CCCN1C(=O)C1(C(N)=S)CC(C)C1. The van der Waals surface area contributed by atoms with Crippen molar-refractivity contribution in [1.82, 2.24) is 4.90 Å². The van der Waals surface area contributed by atoms with E-state index in [9.17, 15) is 9.59 Å². The molecule has 2 rings (SSSR count). The van der Waals surface area contributed by atoms with Gasteiger partial charge in [0.05, 0.1) is 17.0 Å². The third-order valence-electron chi connectivity index (χ3n) is 4.35. The fourth-order valence-electron chi connectivity index (χ4n) is 3.38. The summed E-state index contributed by atoms with van der Waals surface area (Å²) in [5, 5.41) is 0. The van der Waals surface area contributed by atoms with Crippen LogP contribution in [-0.2, 0) is 14.3 Å². The van der Waals surface area contributed by atoms with Crippen molar-refractivity contribution >= 4 is 29.1 Å². The van der Waals surface area contributed by atoms with E-state index in [0.717, 1.165) is 6.42 Å². The van der Waals surface area contributed by atoms with Gasteiger partial charge in [-0.05, 0) is 38.5 Å². The third kappa shape index (κ3) is 2.41. The number of amides is 1. The highest BCUT2D eigenvalue weighted by atomic mass is 32.1. The second-order valence-corrected chi connectivity index (χ2v) is 6.31. The van der Waals surface area contributed by atoms with E-state index in [2.05, 4.69) is 6.92 Å². The van der Waals surface area contributed by atoms with Crippen molar-refractivity contribution in [3.8, 4) is 0 Å². The lowest BCUT2D eigenvalue weighted by atomic mass is 9.61. The molecular weight excluding hydrogens is 276 g/mol. The largest absolute Gasteiger partial charge is 0.464 e. The predicted octanol–water partition coefficient (Wildman–Crippen LogP) is 1.24. The number of esters is 1. The van der Waals surface area contributed by atoms with Crippen molar-refractivity contribution in [2.24, 2.45) is 17.1 Å². The highest BCUT2D eigenvalue weighted by Crippen LogP contribution is 2.48. The number of nitrogens with zero attached hydrogens (tertiary/aromatic N) is 1. The van der Waals surface area contributed by atoms with E-state index in [1.165, 1.54) is 0 Å². The van der Waals surface area contributed by atoms with Crippen LogP contribution in [0.5, 0.6) is 0 Å². The van der Waals surface area contributed by atoms with Crippen LogP contribution >= 0.6 is 12.2 Å². The molecule has 1 amide bonds. The molecule has 5 nitrogen and oxygen atoms in total. The van der Waals surface area contributed by atoms with E-state index >= 15 is 0 Å². The Labute approximate surface area is 124 Å². The van der Waals surface area contributed by atoms with Gasteiger partial charge >= 0.3 is 5.97 Å². The molecule has 20 heavy (non-hydrogen) atoms. The van der Waals surface area contributed by atoms with E-state index < -0.39 is 11.5 Å². The van der Waals surface area contributed by atoms with Crippen LogP contribution in [0, 0.1) is 11.3 Å². The maximum atomic E-state index is 12.8. The number of carbonyl (C=O) groups excluding carboxylic acids is 2. The van der Waals surface area contributed by atoms with Gasteiger partial charge in [-0.15, -0.1) is 0 Å². The molecule has 1 saturated heterocycles. The van der Waals surface area contributed by atoms with Crippen molar-refractivity contribution in [2.45, 2.75) is 45.6 Å². The van der Waals surface area contributed by atoms with E-state index in [0.29, 0.717) is 38.3 Å². The number of rotatable bonds is 4. The smallest absolute Gasteiger partial charge is 0.328 e. The maximum Gasteiger partial charge on any atom is 0.328 e. The number of nitrogens with two attached hydrogens (primary N) is 1. The second kappa shape index (κ2) is 5.68. The number of likely N-dealkylation sites (tertiary alicyclic amines) is 1. The van der Waals surface area contributed by atoms with Crippen LogP contribution in [-0.4, -0.2) is 41.0 Å². The monoisotopic (exact) mass is 298 g/mol. The van der Waals surface area contributed by atoms with E-state index in [1.54, 1.807) is 11.8 Å². The number of carbonyl (C=O) groups is 2. The molecule has 0 bridgehead atoms. The molecular formula is C14H22N2O3S. The Hall–Kier alpha value is -1.17. The van der Waals surface area contributed by atoms with Crippen LogP contribution in [0.1, 0.15) is 39.5 Å². The Bertz CT molecular complexity index is 432. The molecule has 0 spiro atoms. The first-order valence-electron chi connectivity index (χ1n) is 7.20. The molecule has 1 unspecified atom stereocenters. The van der Waals surface area contributed by atoms with Gasteiger partial charge in [-0.25, -0.2) is 4.79 Å². The number of hydrogen-bond acceptors (Lipinski definition) is 4. The summed E-state index contributed by atoms with van der Waals surface area (Å²) >= 11 is 5.12. The van der Waals surface area contributed by atoms with Gasteiger partial charge in [-0.1, -0.05) is 19.1 Å². The average molecular weight is 298 g/mol. The highest BCUT2D eigenvalue weighted by Gasteiger charge is 2.54. The zero-order valence-corrected chi connectivity index (χ0v) is 12.9. The Morgan fingerprint density at radius 2 is 2.10 bits per heavy atom. The van der Waals surface area contributed by atoms with Gasteiger partial charge in [0.25, 0.3) is 0 Å². The van der Waals surface area contributed by atoms with Crippen LogP contribution in [0.2, 0.25) is 0 Å². The predicted molar refractivity (Wildman–Crippen MR) is 79.0 cm³/mol. The second-order valence-electron chi connectivity index (χ2n) is 5.87. The summed E-state index contributed by atoms with van der Waals surface area (Å²) in [4.78, 5) is 26.6. The van der Waals surface area contributed by atoms with E-state index in [4.69, 9.17) is 22.7 Å². The van der Waals surface area contributed by atoms with Gasteiger partial charge in [0.1, 0.15) is 6.04 Å². The van der Waals surface area contributed by atoms with Gasteiger partial charge in [-0.3, -0.25) is 4.79 Å². The molecule has 2 fully saturated rings. The zero-order valence-electron chi connectivity index (χ0n) is 12.1. The highest BCUT2D eigenvalue weighted by molar-refractivity contribution is 7.80. The molecule has 2 N–H and O–H groups in total. The minimum Gasteiger partial charge on any atom is -0.464 e. The summed E-state index contributed by atoms with van der Waals surface area (Å²) in [5.74, 6) is 0.0477. The molecule has 1 aliphatic carbocycles. The third-order valence-corrected chi connectivity index (χ3v) is 4.74. The lowest BCUT2D eigenvalue weighted by Crippen LogP contribution is -2.58. The Morgan fingerprint density at radius 3 is 2.60 bits per heavy atom. The summed E-state index contributed by atoms with van der Waals surface area (Å²) < 4.78 is 5.06. The van der Waals surface area contributed by atoms with Crippen molar-refractivity contribution < 1.29 is 14.3 Å². The number of thiocarbonyl (C=S) groups is 1. The fraction of sp³-hybridized carbons (Fsp3) is 0.786. The normalized spacial score (nSPS) is 32.6. The first kappa shape index (κ1) is 15.2. The molecule has 2 aliphatic rings. The first-order chi connectivity index (χ1) is 9.42. The van der Waals surface area contributed by atoms with Gasteiger partial charge < -0.3 is 15.4 Å². The minimum atomic E-state index is -0.732. The molecule has 1 aliphatic heterocycles. The summed E-state index contributed by atoms with van der Waals surface area (Å²) in [6.45, 7) is 4.76. The van der Waals surface area contributed by atoms with Crippen LogP contribution in [0.25, 0.3) is 0 Å². The molecule has 112 valence electrons. The zero-order chi connectivity index (χ0) is 14.9. The fourth-order valence-corrected chi connectivity index (χ4v) is 3.63. The maximum absolute atomic E-state index is 12.8. The molecule has 0 aromatic carbocycles. The molecule has 0 aromatic heterocycles.